The van der Waals surface area contributed by atoms with Gasteiger partial charge in [0, 0.05) is 29.7 Å². The molecule has 1 saturated heterocycles. The van der Waals surface area contributed by atoms with E-state index in [9.17, 15) is 9.18 Å². The van der Waals surface area contributed by atoms with Gasteiger partial charge in [-0.25, -0.2) is 14.2 Å². The predicted molar refractivity (Wildman–Crippen MR) is 134 cm³/mol. The first-order valence-electron chi connectivity index (χ1n) is 11.1. The maximum Gasteiger partial charge on any atom is 0.332 e. The van der Waals surface area contributed by atoms with Crippen molar-refractivity contribution in [1.82, 2.24) is 24.2 Å². The van der Waals surface area contributed by atoms with Crippen molar-refractivity contribution < 1.29 is 18.7 Å². The van der Waals surface area contributed by atoms with Crippen molar-refractivity contribution in [2.45, 2.75) is 18.8 Å². The molecule has 0 saturated carbocycles. The zero-order valence-electron chi connectivity index (χ0n) is 19.3. The number of hydrogen-bond acceptors (Lipinski definition) is 7. The van der Waals surface area contributed by atoms with Gasteiger partial charge < -0.3 is 19.8 Å². The second kappa shape index (κ2) is 10.1. The van der Waals surface area contributed by atoms with Crippen LogP contribution in [0.4, 0.5) is 14.9 Å². The molecule has 4 aromatic rings. The number of nitrogens with one attached hydrogen (secondary N) is 2. The summed E-state index contributed by atoms with van der Waals surface area (Å²) in [6.07, 6.45) is 5.73. The summed E-state index contributed by atoms with van der Waals surface area (Å²) < 4.78 is 26.8. The number of H-pyrrole nitrogens is 1. The summed E-state index contributed by atoms with van der Waals surface area (Å²) >= 11 is 4.41. The van der Waals surface area contributed by atoms with Gasteiger partial charge in [-0.15, -0.1) is 0 Å². The van der Waals surface area contributed by atoms with Gasteiger partial charge in [-0.05, 0) is 55.5 Å². The molecule has 9 nitrogen and oxygen atoms in total. The zero-order chi connectivity index (χ0) is 25.1. The molecule has 184 valence electrons. The number of carbonyl (C=O) groups excluding carboxylic acids is 1. The molecule has 1 aliphatic rings. The molecule has 2 amide bonds. The Labute approximate surface area is 212 Å². The Morgan fingerprint density at radius 3 is 2.47 bits per heavy atom. The molecular formula is C25H23FN6O3S. The van der Waals surface area contributed by atoms with E-state index < -0.39 is 17.9 Å². The Morgan fingerprint density at radius 1 is 1.08 bits per heavy atom. The van der Waals surface area contributed by atoms with Crippen LogP contribution in [0.1, 0.15) is 19.0 Å². The number of imidazole rings is 1. The number of nitrogens with zero attached hydrogens (tertiary/aromatic N) is 4. The quantitative estimate of drug-likeness (QED) is 0.334. The lowest BCUT2D eigenvalue weighted by molar-refractivity contribution is -0.223. The Hall–Kier alpha value is -3.80. The monoisotopic (exact) mass is 506 g/mol. The van der Waals surface area contributed by atoms with Gasteiger partial charge >= 0.3 is 6.03 Å². The molecule has 1 aromatic carbocycles. The van der Waals surface area contributed by atoms with Gasteiger partial charge in [-0.1, -0.05) is 12.8 Å². The first-order chi connectivity index (χ1) is 17.4. The first kappa shape index (κ1) is 23.9. The van der Waals surface area contributed by atoms with Gasteiger partial charge in [-0.3, -0.25) is 14.3 Å². The van der Waals surface area contributed by atoms with Gasteiger partial charge in [0.25, 0.3) is 0 Å². The number of hydrogen-bond donors (Lipinski definition) is 3. The molecule has 4 heterocycles. The van der Waals surface area contributed by atoms with Gasteiger partial charge in [-0.2, -0.15) is 0 Å². The second-order valence-electron chi connectivity index (χ2n) is 8.52. The van der Waals surface area contributed by atoms with E-state index >= 15 is 0 Å². The minimum atomic E-state index is -0.841. The second-order valence-corrected chi connectivity index (χ2v) is 8.92. The van der Waals surface area contributed by atoms with Crippen molar-refractivity contribution in [2.75, 3.05) is 18.5 Å². The summed E-state index contributed by atoms with van der Waals surface area (Å²) in [5, 5.41) is 2.74. The standard InChI is InChI=1S/C25H23FN6O3S/c1-25(32(36)24(33)29-19-3-2-10-28-13-19)14-34-23(35-15-25)22-30-20(16-4-6-18(26)7-5-16)21(31-22)17-8-11-27-12-9-17/h2-13,23,36H,14-15H2,1H3,(H,29,33)(H,30,31). The normalized spacial score (nSPS) is 19.6. The number of carbonyl (C=O) groups is 1. The fraction of sp³-hybridized carbons (Fsp3) is 0.200. The van der Waals surface area contributed by atoms with Crippen LogP contribution in [0.15, 0.2) is 73.3 Å². The van der Waals surface area contributed by atoms with Crippen LogP contribution in [0.25, 0.3) is 22.5 Å². The van der Waals surface area contributed by atoms with E-state index in [0.717, 1.165) is 16.8 Å². The third-order valence-corrected chi connectivity index (χ3v) is 6.40. The maximum atomic E-state index is 13.5. The van der Waals surface area contributed by atoms with Crippen LogP contribution >= 0.6 is 12.8 Å². The Kier molecular flexibility index (Phi) is 6.68. The molecule has 0 atom stereocenters. The molecule has 0 spiro atoms. The summed E-state index contributed by atoms with van der Waals surface area (Å²) in [7, 11) is 0. The summed E-state index contributed by atoms with van der Waals surface area (Å²) in [5.41, 5.74) is 2.66. The van der Waals surface area contributed by atoms with Crippen molar-refractivity contribution in [3.8, 4) is 22.5 Å². The average Bonchev–Trinajstić information content (AvgIpc) is 3.35. The van der Waals surface area contributed by atoms with Crippen LogP contribution in [0.3, 0.4) is 0 Å². The molecule has 0 unspecified atom stereocenters. The van der Waals surface area contributed by atoms with E-state index in [2.05, 4.69) is 33.1 Å². The number of halogens is 1. The smallest absolute Gasteiger partial charge is 0.332 e. The van der Waals surface area contributed by atoms with Gasteiger partial charge in [0.2, 0.25) is 6.29 Å². The predicted octanol–water partition coefficient (Wildman–Crippen LogP) is 4.86. The van der Waals surface area contributed by atoms with Gasteiger partial charge in [0.05, 0.1) is 42.0 Å². The molecule has 0 aliphatic carbocycles. The molecule has 0 radical (unpaired) electrons. The van der Waals surface area contributed by atoms with Crippen LogP contribution in [0.2, 0.25) is 0 Å². The zero-order valence-corrected chi connectivity index (χ0v) is 20.2. The number of rotatable bonds is 5. The maximum absolute atomic E-state index is 13.5. The van der Waals surface area contributed by atoms with E-state index in [4.69, 9.17) is 14.5 Å². The van der Waals surface area contributed by atoms with Crippen molar-refractivity contribution in [2.24, 2.45) is 0 Å². The SMILES string of the molecule is CC1(N(S)C(=O)Nc2cccnc2)COC(c2nc(-c3ccc(F)cc3)c(-c3ccncc3)[nH]2)OC1. The van der Waals surface area contributed by atoms with Crippen molar-refractivity contribution >= 4 is 24.5 Å². The summed E-state index contributed by atoms with van der Waals surface area (Å²) in [4.78, 5) is 28.8. The molecular weight excluding hydrogens is 483 g/mol. The summed E-state index contributed by atoms with van der Waals surface area (Å²) in [5.74, 6) is 0.121. The number of thiol groups is 1. The Bertz CT molecular complexity index is 1330. The fourth-order valence-electron chi connectivity index (χ4n) is 3.79. The summed E-state index contributed by atoms with van der Waals surface area (Å²) in [6, 6.07) is 12.8. The molecule has 36 heavy (non-hydrogen) atoms. The van der Waals surface area contributed by atoms with E-state index in [1.165, 1.54) is 16.4 Å². The minimum absolute atomic E-state index is 0.152. The Balaban J connectivity index is 1.34. The van der Waals surface area contributed by atoms with Crippen LogP contribution in [0, 0.1) is 5.82 Å². The van der Waals surface area contributed by atoms with E-state index in [1.807, 2.05) is 19.1 Å². The number of amides is 2. The van der Waals surface area contributed by atoms with Crippen LogP contribution < -0.4 is 5.32 Å². The van der Waals surface area contributed by atoms with Crippen molar-refractivity contribution in [3.05, 3.63) is 85.0 Å². The van der Waals surface area contributed by atoms with Crippen molar-refractivity contribution in [3.63, 3.8) is 0 Å². The minimum Gasteiger partial charge on any atom is -0.343 e. The molecule has 3 aromatic heterocycles. The van der Waals surface area contributed by atoms with Crippen LogP contribution in [0.5, 0.6) is 0 Å². The lowest BCUT2D eigenvalue weighted by atomic mass is 10.0. The lowest BCUT2D eigenvalue weighted by Gasteiger charge is -2.41. The third-order valence-electron chi connectivity index (χ3n) is 5.74. The van der Waals surface area contributed by atoms with Crippen LogP contribution in [-0.4, -0.2) is 49.0 Å². The molecule has 1 fully saturated rings. The number of aromatic amines is 1. The molecule has 5 rings (SSSR count). The largest absolute Gasteiger partial charge is 0.343 e. The van der Waals surface area contributed by atoms with E-state index in [1.54, 1.807) is 49.1 Å². The number of benzene rings is 1. The van der Waals surface area contributed by atoms with Crippen molar-refractivity contribution in [1.29, 1.82) is 0 Å². The fourth-order valence-corrected chi connectivity index (χ4v) is 3.95. The van der Waals surface area contributed by atoms with Gasteiger partial charge in [0.15, 0.2) is 5.82 Å². The highest BCUT2D eigenvalue weighted by molar-refractivity contribution is 7.78. The van der Waals surface area contributed by atoms with E-state index in [0.29, 0.717) is 17.2 Å². The number of urea groups is 1. The summed E-state index contributed by atoms with van der Waals surface area (Å²) in [6.45, 7) is 2.12. The van der Waals surface area contributed by atoms with Crippen LogP contribution in [-0.2, 0) is 9.47 Å². The third kappa shape index (κ3) is 4.94. The molecule has 1 aliphatic heterocycles. The highest BCUT2D eigenvalue weighted by Crippen LogP contribution is 2.35. The highest BCUT2D eigenvalue weighted by Gasteiger charge is 2.41. The molecule has 2 N–H and O–H groups in total. The van der Waals surface area contributed by atoms with E-state index in [-0.39, 0.29) is 19.0 Å². The average molecular weight is 507 g/mol. The highest BCUT2D eigenvalue weighted by atomic mass is 32.1. The topological polar surface area (TPSA) is 105 Å². The number of ether oxygens (including phenoxy) is 2. The first-order valence-corrected chi connectivity index (χ1v) is 11.5. The van der Waals surface area contributed by atoms with Gasteiger partial charge in [0.1, 0.15) is 5.82 Å². The lowest BCUT2D eigenvalue weighted by Crippen LogP contribution is -2.55. The number of pyridine rings is 2. The number of aromatic nitrogens is 4. The number of anilines is 1. The molecule has 0 bridgehead atoms. The molecule has 11 heteroatoms. The Morgan fingerprint density at radius 2 is 1.81 bits per heavy atom.